The zero-order chi connectivity index (χ0) is 9.10. The van der Waals surface area contributed by atoms with Crippen molar-refractivity contribution < 1.29 is 21.7 Å². The van der Waals surface area contributed by atoms with Gasteiger partial charge in [-0.3, -0.25) is 0 Å². The topological polar surface area (TPSA) is 19.7 Å². The highest BCUT2D eigenvalue weighted by atomic mass is 79.9. The van der Waals surface area contributed by atoms with Gasteiger partial charge in [-0.1, -0.05) is 30.3 Å². The Hall–Kier alpha value is -1.09. The van der Waals surface area contributed by atoms with Gasteiger partial charge in [0.15, 0.2) is 12.7 Å². The van der Waals surface area contributed by atoms with E-state index in [0.717, 1.165) is 6.54 Å². The molecule has 0 aliphatic heterocycles. The zero-order valence-corrected chi connectivity index (χ0v) is 9.66. The third-order valence-corrected chi connectivity index (χ3v) is 2.02. The molecule has 0 atom stereocenters. The summed E-state index contributed by atoms with van der Waals surface area (Å²) in [6, 6.07) is 12.5. The Labute approximate surface area is 94.3 Å². The van der Waals surface area contributed by atoms with Crippen LogP contribution < -0.4 is 21.7 Å². The molecule has 74 valence electrons. The predicted octanol–water partition coefficient (Wildman–Crippen LogP) is -1.34. The van der Waals surface area contributed by atoms with Crippen molar-refractivity contribution in [1.82, 2.24) is 5.10 Å². The maximum atomic E-state index is 3.24. The maximum absolute atomic E-state index is 3.24. The highest BCUT2D eigenvalue weighted by Crippen LogP contribution is 1.97. The van der Waals surface area contributed by atoms with E-state index in [0.29, 0.717) is 0 Å². The molecule has 0 spiro atoms. The van der Waals surface area contributed by atoms with Gasteiger partial charge >= 0.3 is 0 Å². The summed E-state index contributed by atoms with van der Waals surface area (Å²) >= 11 is 0. The Kier molecular flexibility index (Phi) is 3.89. The molecule has 0 aliphatic carbocycles. The van der Waals surface area contributed by atoms with E-state index in [4.69, 9.17) is 0 Å². The van der Waals surface area contributed by atoms with Crippen molar-refractivity contribution in [3.05, 3.63) is 53.9 Å². The van der Waals surface area contributed by atoms with Gasteiger partial charge in [0.05, 0.1) is 5.69 Å². The molecule has 0 aliphatic rings. The average Bonchev–Trinajstić information content (AvgIpc) is 2.53. The van der Waals surface area contributed by atoms with Crippen LogP contribution in [0.3, 0.4) is 0 Å². The van der Waals surface area contributed by atoms with Crippen LogP contribution in [0.25, 0.3) is 0 Å². The number of rotatable bonds is 2. The number of H-pyrrole nitrogens is 1. The summed E-state index contributed by atoms with van der Waals surface area (Å²) in [5.41, 5.74) is 2.50. The molecule has 2 nitrogen and oxygen atoms in total. The van der Waals surface area contributed by atoms with Gasteiger partial charge in [-0.2, -0.15) is 5.10 Å². The third-order valence-electron chi connectivity index (χ3n) is 2.02. The van der Waals surface area contributed by atoms with Crippen molar-refractivity contribution in [1.29, 1.82) is 0 Å². The Bertz CT molecular complexity index is 381. The molecular weight excluding hydrogens is 240 g/mol. The number of nitrogens with zero attached hydrogens (tertiary/aromatic N) is 1. The number of aromatic nitrogens is 2. The van der Waals surface area contributed by atoms with E-state index >= 15 is 0 Å². The monoisotopic (exact) mass is 252 g/mol. The standard InChI is InChI=1S/C11H12N2.BrH/c1-10-7-8-13(12-10)9-11-5-3-2-4-6-11;/h2-8H,9H2,1H3;1H. The molecule has 0 unspecified atom stereocenters. The van der Waals surface area contributed by atoms with Gasteiger partial charge in [0.2, 0.25) is 0 Å². The molecule has 1 N–H and O–H groups in total. The Balaban J connectivity index is 0.000000980. The van der Waals surface area contributed by atoms with E-state index in [9.17, 15) is 0 Å². The maximum Gasteiger partial charge on any atom is 0.197 e. The second-order valence-corrected chi connectivity index (χ2v) is 3.22. The molecule has 0 saturated heterocycles. The van der Waals surface area contributed by atoms with Gasteiger partial charge < -0.3 is 17.0 Å². The SMILES string of the molecule is Cc1cc[n+](Cc2ccccc2)[nH]1.[Br-]. The van der Waals surface area contributed by atoms with Crippen molar-refractivity contribution in [2.24, 2.45) is 0 Å². The predicted molar refractivity (Wildman–Crippen MR) is 51.3 cm³/mol. The molecule has 1 aromatic carbocycles. The van der Waals surface area contributed by atoms with Crippen LogP contribution in [0.15, 0.2) is 42.6 Å². The number of nitrogens with one attached hydrogen (secondary N) is 1. The van der Waals surface area contributed by atoms with E-state index in [1.54, 1.807) is 0 Å². The van der Waals surface area contributed by atoms with Crippen molar-refractivity contribution in [2.45, 2.75) is 13.5 Å². The lowest BCUT2D eigenvalue weighted by Gasteiger charge is -1.92. The Morgan fingerprint density at radius 3 is 2.43 bits per heavy atom. The first-order chi connectivity index (χ1) is 6.34. The highest BCUT2D eigenvalue weighted by molar-refractivity contribution is 5.13. The summed E-state index contributed by atoms with van der Waals surface area (Å²) in [5.74, 6) is 0. The number of hydrogen-bond acceptors (Lipinski definition) is 0. The average molecular weight is 253 g/mol. The van der Waals surface area contributed by atoms with Crippen LogP contribution in [-0.4, -0.2) is 5.10 Å². The summed E-state index contributed by atoms with van der Waals surface area (Å²) in [5, 5.41) is 3.24. The molecule has 1 heterocycles. The largest absolute Gasteiger partial charge is 1.00 e. The van der Waals surface area contributed by atoms with E-state index in [-0.39, 0.29) is 17.0 Å². The Morgan fingerprint density at radius 1 is 1.14 bits per heavy atom. The molecule has 3 heteroatoms. The van der Waals surface area contributed by atoms with Gasteiger partial charge in [0, 0.05) is 11.6 Å². The van der Waals surface area contributed by atoms with E-state index in [1.807, 2.05) is 6.07 Å². The lowest BCUT2D eigenvalue weighted by Crippen LogP contribution is -3.00. The summed E-state index contributed by atoms with van der Waals surface area (Å²) in [6.07, 6.45) is 2.06. The minimum Gasteiger partial charge on any atom is -1.00 e. The van der Waals surface area contributed by atoms with Gasteiger partial charge in [-0.25, -0.2) is 0 Å². The number of aryl methyl sites for hydroxylation is 1. The molecule has 0 fully saturated rings. The summed E-state index contributed by atoms with van der Waals surface area (Å²) < 4.78 is 2.07. The fraction of sp³-hybridized carbons (Fsp3) is 0.182. The van der Waals surface area contributed by atoms with Crippen LogP contribution in [0, 0.1) is 6.92 Å². The Morgan fingerprint density at radius 2 is 1.86 bits per heavy atom. The molecule has 0 saturated carbocycles. The molecule has 0 bridgehead atoms. The second kappa shape index (κ2) is 4.96. The van der Waals surface area contributed by atoms with Crippen LogP contribution in [-0.2, 0) is 6.54 Å². The van der Waals surface area contributed by atoms with Gasteiger partial charge in [-0.05, 0) is 6.92 Å². The van der Waals surface area contributed by atoms with Gasteiger partial charge in [0.1, 0.15) is 0 Å². The molecule has 2 rings (SSSR count). The lowest BCUT2D eigenvalue weighted by atomic mass is 10.2. The first-order valence-electron chi connectivity index (χ1n) is 4.43. The number of aromatic amines is 1. The van der Waals surface area contributed by atoms with Crippen LogP contribution in [0.1, 0.15) is 11.3 Å². The summed E-state index contributed by atoms with van der Waals surface area (Å²) in [7, 11) is 0. The quantitative estimate of drug-likeness (QED) is 0.639. The van der Waals surface area contributed by atoms with Crippen LogP contribution in [0.4, 0.5) is 0 Å². The summed E-state index contributed by atoms with van der Waals surface area (Å²) in [4.78, 5) is 0. The van der Waals surface area contributed by atoms with E-state index in [1.165, 1.54) is 11.3 Å². The van der Waals surface area contributed by atoms with Crippen LogP contribution in [0.5, 0.6) is 0 Å². The number of hydrogen-bond donors (Lipinski definition) is 1. The molecule has 0 radical (unpaired) electrons. The third kappa shape index (κ3) is 2.70. The first-order valence-corrected chi connectivity index (χ1v) is 4.43. The van der Waals surface area contributed by atoms with E-state index < -0.39 is 0 Å². The smallest absolute Gasteiger partial charge is 0.197 e. The first kappa shape index (κ1) is 11.0. The molecule has 14 heavy (non-hydrogen) atoms. The van der Waals surface area contributed by atoms with Crippen LogP contribution in [0.2, 0.25) is 0 Å². The molecule has 1 aromatic heterocycles. The van der Waals surface area contributed by atoms with Crippen molar-refractivity contribution in [3.63, 3.8) is 0 Å². The molecule has 2 aromatic rings. The molecular formula is C11H13BrN2. The summed E-state index contributed by atoms with van der Waals surface area (Å²) in [6.45, 7) is 2.97. The zero-order valence-electron chi connectivity index (χ0n) is 8.07. The molecule has 0 amide bonds. The van der Waals surface area contributed by atoms with Gasteiger partial charge in [-0.15, -0.1) is 4.68 Å². The highest BCUT2D eigenvalue weighted by Gasteiger charge is 2.02. The minimum absolute atomic E-state index is 0. The van der Waals surface area contributed by atoms with Crippen molar-refractivity contribution >= 4 is 0 Å². The number of benzene rings is 1. The van der Waals surface area contributed by atoms with E-state index in [2.05, 4.69) is 53.2 Å². The van der Waals surface area contributed by atoms with Crippen molar-refractivity contribution in [2.75, 3.05) is 0 Å². The minimum atomic E-state index is 0. The lowest BCUT2D eigenvalue weighted by molar-refractivity contribution is -0.742. The fourth-order valence-electron chi connectivity index (χ4n) is 1.38. The number of halogens is 1. The normalized spacial score (nSPS) is 9.50. The fourth-order valence-corrected chi connectivity index (χ4v) is 1.38. The van der Waals surface area contributed by atoms with Gasteiger partial charge in [0.25, 0.3) is 0 Å². The second-order valence-electron chi connectivity index (χ2n) is 3.22. The van der Waals surface area contributed by atoms with Crippen molar-refractivity contribution in [3.8, 4) is 0 Å². The van der Waals surface area contributed by atoms with Crippen LogP contribution >= 0.6 is 0 Å².